The molecule has 0 amide bonds. The maximum Gasteiger partial charge on any atom is 0.243 e. The number of nitrogens with zero attached hydrogens (tertiary/aromatic N) is 4. The molecule has 2 heterocycles. The number of rotatable bonds is 8. The molecule has 1 aliphatic rings. The summed E-state index contributed by atoms with van der Waals surface area (Å²) in [6.45, 7) is 5.78. The summed E-state index contributed by atoms with van der Waals surface area (Å²) < 4.78 is 34.8. The lowest BCUT2D eigenvalue weighted by atomic mass is 10.2. The van der Waals surface area contributed by atoms with Gasteiger partial charge in [-0.1, -0.05) is 59.2 Å². The zero-order valence-electron chi connectivity index (χ0n) is 17.7. The molecule has 0 atom stereocenters. The van der Waals surface area contributed by atoms with E-state index in [1.54, 1.807) is 36.4 Å². The quantitative estimate of drug-likeness (QED) is 0.312. The normalized spacial score (nSPS) is 15.0. The Balaban J connectivity index is 1.62. The summed E-state index contributed by atoms with van der Waals surface area (Å²) in [7, 11) is -3.62. The second-order valence-corrected chi connectivity index (χ2v) is 11.0. The van der Waals surface area contributed by atoms with Gasteiger partial charge in [-0.05, 0) is 29.8 Å². The molecule has 1 saturated heterocycles. The van der Waals surface area contributed by atoms with Gasteiger partial charge in [-0.15, -0.1) is 16.8 Å². The summed E-state index contributed by atoms with van der Waals surface area (Å²) in [6, 6.07) is 12.2. The molecule has 0 N–H and O–H groups in total. The van der Waals surface area contributed by atoms with Crippen molar-refractivity contribution in [3.63, 3.8) is 0 Å². The minimum absolute atomic E-state index is 0.220. The molecule has 0 saturated carbocycles. The van der Waals surface area contributed by atoms with E-state index in [2.05, 4.69) is 16.8 Å². The molecule has 1 aliphatic heterocycles. The Labute approximate surface area is 207 Å². The van der Waals surface area contributed by atoms with Crippen molar-refractivity contribution in [2.24, 2.45) is 0 Å². The molecule has 0 spiro atoms. The highest BCUT2D eigenvalue weighted by molar-refractivity contribution is 7.98. The van der Waals surface area contributed by atoms with Gasteiger partial charge in [0.25, 0.3) is 0 Å². The summed E-state index contributed by atoms with van der Waals surface area (Å²) in [4.78, 5) is 0.220. The Morgan fingerprint density at radius 2 is 1.91 bits per heavy atom. The predicted molar refractivity (Wildman–Crippen MR) is 131 cm³/mol. The SMILES string of the molecule is C=CCn1c(SCc2ccc(Cl)cc2Cl)nnc1-c1cccc(S(=O)(=O)N2CCOCC2)c1. The second-order valence-electron chi connectivity index (χ2n) is 7.27. The summed E-state index contributed by atoms with van der Waals surface area (Å²) >= 11 is 13.8. The van der Waals surface area contributed by atoms with E-state index in [0.29, 0.717) is 65.2 Å². The van der Waals surface area contributed by atoms with Gasteiger partial charge in [-0.2, -0.15) is 4.31 Å². The fraction of sp³-hybridized carbons (Fsp3) is 0.273. The number of allylic oxidation sites excluding steroid dienone is 1. The third-order valence-electron chi connectivity index (χ3n) is 5.10. The molecular weight excluding hydrogens is 503 g/mol. The number of ether oxygens (including phenoxy) is 1. The van der Waals surface area contributed by atoms with Gasteiger partial charge in [-0.3, -0.25) is 4.57 Å². The number of benzene rings is 2. The second kappa shape index (κ2) is 10.6. The first-order valence-electron chi connectivity index (χ1n) is 10.2. The van der Waals surface area contributed by atoms with Crippen LogP contribution in [0.1, 0.15) is 5.56 Å². The molecule has 11 heteroatoms. The van der Waals surface area contributed by atoms with Gasteiger partial charge in [0.2, 0.25) is 10.0 Å². The van der Waals surface area contributed by atoms with Crippen LogP contribution < -0.4 is 0 Å². The fourth-order valence-electron chi connectivity index (χ4n) is 3.42. The van der Waals surface area contributed by atoms with Crippen LogP contribution in [0.4, 0.5) is 0 Å². The summed E-state index contributed by atoms with van der Waals surface area (Å²) in [6.07, 6.45) is 1.75. The van der Waals surface area contributed by atoms with Crippen molar-refractivity contribution < 1.29 is 13.2 Å². The van der Waals surface area contributed by atoms with E-state index < -0.39 is 10.0 Å². The van der Waals surface area contributed by atoms with E-state index in [0.717, 1.165) is 5.56 Å². The third kappa shape index (κ3) is 5.45. The minimum atomic E-state index is -3.62. The molecule has 0 unspecified atom stereocenters. The van der Waals surface area contributed by atoms with Crippen molar-refractivity contribution in [2.45, 2.75) is 22.3 Å². The monoisotopic (exact) mass is 524 g/mol. The molecule has 2 aromatic carbocycles. The Bertz CT molecular complexity index is 1260. The average Bonchev–Trinajstić information content (AvgIpc) is 3.22. The third-order valence-corrected chi connectivity index (χ3v) is 8.60. The van der Waals surface area contributed by atoms with Crippen LogP contribution in [0.3, 0.4) is 0 Å². The van der Waals surface area contributed by atoms with Crippen LogP contribution in [0.15, 0.2) is 65.2 Å². The van der Waals surface area contributed by atoms with Crippen LogP contribution in [0.25, 0.3) is 11.4 Å². The molecule has 174 valence electrons. The van der Waals surface area contributed by atoms with Gasteiger partial charge in [0.1, 0.15) is 0 Å². The van der Waals surface area contributed by atoms with Gasteiger partial charge in [0.15, 0.2) is 11.0 Å². The minimum Gasteiger partial charge on any atom is -0.379 e. The van der Waals surface area contributed by atoms with Gasteiger partial charge in [0.05, 0.1) is 18.1 Å². The Kier molecular flexibility index (Phi) is 7.78. The molecule has 0 aliphatic carbocycles. The Morgan fingerprint density at radius 3 is 2.64 bits per heavy atom. The molecule has 4 rings (SSSR count). The first-order valence-corrected chi connectivity index (χ1v) is 13.4. The summed E-state index contributed by atoms with van der Waals surface area (Å²) in [5, 5.41) is 10.5. The van der Waals surface area contributed by atoms with Crippen molar-refractivity contribution in [1.29, 1.82) is 0 Å². The van der Waals surface area contributed by atoms with Crippen LogP contribution in [-0.2, 0) is 27.1 Å². The van der Waals surface area contributed by atoms with E-state index in [-0.39, 0.29) is 4.90 Å². The van der Waals surface area contributed by atoms with Crippen LogP contribution in [0.5, 0.6) is 0 Å². The smallest absolute Gasteiger partial charge is 0.243 e. The first-order chi connectivity index (χ1) is 15.9. The van der Waals surface area contributed by atoms with Gasteiger partial charge < -0.3 is 4.74 Å². The topological polar surface area (TPSA) is 77.3 Å². The first kappa shape index (κ1) is 24.3. The lowest BCUT2D eigenvalue weighted by molar-refractivity contribution is 0.0730. The number of hydrogen-bond acceptors (Lipinski definition) is 6. The highest BCUT2D eigenvalue weighted by Gasteiger charge is 2.27. The van der Waals surface area contributed by atoms with E-state index in [4.69, 9.17) is 27.9 Å². The molecule has 3 aromatic rings. The van der Waals surface area contributed by atoms with E-state index >= 15 is 0 Å². The zero-order chi connectivity index (χ0) is 23.4. The largest absolute Gasteiger partial charge is 0.379 e. The van der Waals surface area contributed by atoms with Gasteiger partial charge >= 0.3 is 0 Å². The number of thioether (sulfide) groups is 1. The molecule has 7 nitrogen and oxygen atoms in total. The number of sulfonamides is 1. The van der Waals surface area contributed by atoms with Crippen molar-refractivity contribution in [2.75, 3.05) is 26.3 Å². The lowest BCUT2D eigenvalue weighted by Gasteiger charge is -2.26. The van der Waals surface area contributed by atoms with Crippen LogP contribution in [0, 0.1) is 0 Å². The molecule has 1 fully saturated rings. The highest BCUT2D eigenvalue weighted by Crippen LogP contribution is 2.31. The fourth-order valence-corrected chi connectivity index (χ4v) is 6.38. The van der Waals surface area contributed by atoms with Crippen molar-refractivity contribution >= 4 is 45.0 Å². The molecule has 0 radical (unpaired) electrons. The predicted octanol–water partition coefficient (Wildman–Crippen LogP) is 4.75. The lowest BCUT2D eigenvalue weighted by Crippen LogP contribution is -2.40. The summed E-state index contributed by atoms with van der Waals surface area (Å²) in [5.41, 5.74) is 1.59. The maximum atomic E-state index is 13.1. The number of aromatic nitrogens is 3. The molecule has 0 bridgehead atoms. The number of morpholine rings is 1. The van der Waals surface area contributed by atoms with Gasteiger partial charge in [-0.25, -0.2) is 8.42 Å². The average molecular weight is 525 g/mol. The van der Waals surface area contributed by atoms with Crippen LogP contribution >= 0.6 is 35.0 Å². The zero-order valence-corrected chi connectivity index (χ0v) is 20.8. The van der Waals surface area contributed by atoms with Crippen molar-refractivity contribution in [3.05, 3.63) is 70.7 Å². The number of halogens is 2. The molecule has 33 heavy (non-hydrogen) atoms. The standard InChI is InChI=1S/C22H22Cl2N4O3S2/c1-2-8-28-21(25-26-22(28)32-15-17-6-7-18(23)14-20(17)24)16-4-3-5-19(13-16)33(29,30)27-9-11-31-12-10-27/h2-7,13-14H,1,8-12,15H2. The van der Waals surface area contributed by atoms with Gasteiger partial charge in [0, 0.05) is 41.0 Å². The summed E-state index contributed by atoms with van der Waals surface area (Å²) in [5.74, 6) is 1.15. The van der Waals surface area contributed by atoms with Crippen molar-refractivity contribution in [3.8, 4) is 11.4 Å². The maximum absolute atomic E-state index is 13.1. The van der Waals surface area contributed by atoms with Crippen molar-refractivity contribution in [1.82, 2.24) is 19.1 Å². The molecule has 1 aromatic heterocycles. The highest BCUT2D eigenvalue weighted by atomic mass is 35.5. The van der Waals surface area contributed by atoms with E-state index in [1.165, 1.54) is 16.1 Å². The van der Waals surface area contributed by atoms with E-state index in [9.17, 15) is 8.42 Å². The van der Waals surface area contributed by atoms with Crippen LogP contribution in [-0.4, -0.2) is 53.8 Å². The Morgan fingerprint density at radius 1 is 1.12 bits per heavy atom. The van der Waals surface area contributed by atoms with Crippen LogP contribution in [0.2, 0.25) is 10.0 Å². The van der Waals surface area contributed by atoms with E-state index in [1.807, 2.05) is 16.7 Å². The molecular formula is C22H22Cl2N4O3S2. The number of hydrogen-bond donors (Lipinski definition) is 0. The Hall–Kier alpha value is -1.88.